The van der Waals surface area contributed by atoms with Crippen molar-refractivity contribution in [1.82, 2.24) is 0 Å². The van der Waals surface area contributed by atoms with E-state index in [0.29, 0.717) is 12.8 Å². The maximum absolute atomic E-state index is 10.4. The molecular formula is C20H40O4. The van der Waals surface area contributed by atoms with Gasteiger partial charge < -0.3 is 15.3 Å². The van der Waals surface area contributed by atoms with E-state index in [1.807, 2.05) is 0 Å². The number of carboxylic acid groups (broad SMARTS) is 1. The summed E-state index contributed by atoms with van der Waals surface area (Å²) in [4.78, 5) is 10.4. The minimum atomic E-state index is -0.727. The number of aliphatic carboxylic acids is 1. The Morgan fingerprint density at radius 1 is 0.667 bits per heavy atom. The molecule has 0 aromatic carbocycles. The molecule has 0 rings (SSSR count). The summed E-state index contributed by atoms with van der Waals surface area (Å²) in [5.74, 6) is -0.727. The smallest absolute Gasteiger partial charge is 0.303 e. The van der Waals surface area contributed by atoms with Crippen LogP contribution < -0.4 is 0 Å². The van der Waals surface area contributed by atoms with Gasteiger partial charge in [0.2, 0.25) is 0 Å². The fourth-order valence-corrected chi connectivity index (χ4v) is 3.03. The summed E-state index contributed by atoms with van der Waals surface area (Å²) in [6, 6.07) is 0. The predicted molar refractivity (Wildman–Crippen MR) is 99.2 cm³/mol. The Morgan fingerprint density at radius 3 is 1.46 bits per heavy atom. The first-order valence-electron chi connectivity index (χ1n) is 10.2. The lowest BCUT2D eigenvalue weighted by Crippen LogP contribution is -2.25. The van der Waals surface area contributed by atoms with Crippen molar-refractivity contribution >= 4 is 5.97 Å². The molecule has 0 amide bonds. The molecule has 24 heavy (non-hydrogen) atoms. The molecule has 0 aliphatic rings. The lowest BCUT2D eigenvalue weighted by molar-refractivity contribution is -0.137. The summed E-state index contributed by atoms with van der Waals surface area (Å²) in [7, 11) is 0. The van der Waals surface area contributed by atoms with Gasteiger partial charge in [0, 0.05) is 6.42 Å². The van der Waals surface area contributed by atoms with Crippen LogP contribution in [0.1, 0.15) is 110 Å². The fourth-order valence-electron chi connectivity index (χ4n) is 3.03. The highest BCUT2D eigenvalue weighted by atomic mass is 16.4. The van der Waals surface area contributed by atoms with Gasteiger partial charge in [0.15, 0.2) is 0 Å². The third kappa shape index (κ3) is 16.3. The first-order valence-corrected chi connectivity index (χ1v) is 10.2. The zero-order valence-electron chi connectivity index (χ0n) is 15.7. The van der Waals surface area contributed by atoms with E-state index in [9.17, 15) is 15.0 Å². The summed E-state index contributed by atoms with van der Waals surface area (Å²) >= 11 is 0. The Bertz CT molecular complexity index is 281. The van der Waals surface area contributed by atoms with E-state index in [2.05, 4.69) is 6.92 Å². The van der Waals surface area contributed by atoms with Gasteiger partial charge in [-0.05, 0) is 19.3 Å². The standard InChI is InChI=1S/C20H40O4/c1-2-3-4-5-6-7-9-12-15-18(21)19(22)16-13-10-8-11-14-17-20(23)24/h18-19,21-22H,2-17H2,1H3,(H,23,24). The number of unbranched alkanes of at least 4 members (excludes halogenated alkanes) is 11. The lowest BCUT2D eigenvalue weighted by Gasteiger charge is -2.17. The number of hydrogen-bond acceptors (Lipinski definition) is 3. The summed E-state index contributed by atoms with van der Waals surface area (Å²) in [5.41, 5.74) is 0. The highest BCUT2D eigenvalue weighted by Gasteiger charge is 2.15. The molecule has 4 heteroatoms. The van der Waals surface area contributed by atoms with Gasteiger partial charge in [-0.1, -0.05) is 84.0 Å². The number of rotatable bonds is 18. The van der Waals surface area contributed by atoms with Crippen LogP contribution in [0.5, 0.6) is 0 Å². The van der Waals surface area contributed by atoms with Crippen LogP contribution in [0.2, 0.25) is 0 Å². The Kier molecular flexibility index (Phi) is 16.8. The van der Waals surface area contributed by atoms with E-state index in [-0.39, 0.29) is 6.42 Å². The van der Waals surface area contributed by atoms with Gasteiger partial charge in [-0.15, -0.1) is 0 Å². The molecular weight excluding hydrogens is 304 g/mol. The summed E-state index contributed by atoms with van der Waals surface area (Å²) in [6.45, 7) is 2.23. The maximum Gasteiger partial charge on any atom is 0.303 e. The average Bonchev–Trinajstić information content (AvgIpc) is 2.55. The van der Waals surface area contributed by atoms with Crippen LogP contribution >= 0.6 is 0 Å². The molecule has 3 N–H and O–H groups in total. The second-order valence-corrected chi connectivity index (χ2v) is 7.10. The van der Waals surface area contributed by atoms with E-state index in [0.717, 1.165) is 44.9 Å². The highest BCUT2D eigenvalue weighted by molar-refractivity contribution is 5.66. The number of carbonyl (C=O) groups is 1. The van der Waals surface area contributed by atoms with E-state index in [1.165, 1.54) is 38.5 Å². The zero-order valence-corrected chi connectivity index (χ0v) is 15.7. The van der Waals surface area contributed by atoms with Crippen LogP contribution in [0, 0.1) is 0 Å². The Hall–Kier alpha value is -0.610. The quantitative estimate of drug-likeness (QED) is 0.304. The monoisotopic (exact) mass is 344 g/mol. The van der Waals surface area contributed by atoms with Crippen molar-refractivity contribution in [1.29, 1.82) is 0 Å². The maximum atomic E-state index is 10.4. The third-order valence-electron chi connectivity index (χ3n) is 4.69. The van der Waals surface area contributed by atoms with Gasteiger partial charge in [-0.3, -0.25) is 4.79 Å². The van der Waals surface area contributed by atoms with Crippen molar-refractivity contribution in [2.24, 2.45) is 0 Å². The minimum absolute atomic E-state index is 0.250. The molecule has 0 aromatic heterocycles. The van der Waals surface area contributed by atoms with E-state index in [1.54, 1.807) is 0 Å². The third-order valence-corrected chi connectivity index (χ3v) is 4.69. The largest absolute Gasteiger partial charge is 0.481 e. The normalized spacial score (nSPS) is 13.8. The van der Waals surface area contributed by atoms with Crippen molar-refractivity contribution in [3.63, 3.8) is 0 Å². The molecule has 0 fully saturated rings. The van der Waals surface area contributed by atoms with Crippen LogP contribution in [0.15, 0.2) is 0 Å². The van der Waals surface area contributed by atoms with Crippen LogP contribution in [0.3, 0.4) is 0 Å². The van der Waals surface area contributed by atoms with Gasteiger partial charge in [0.1, 0.15) is 0 Å². The number of hydrogen-bond donors (Lipinski definition) is 3. The molecule has 0 saturated carbocycles. The van der Waals surface area contributed by atoms with Gasteiger partial charge in [0.05, 0.1) is 12.2 Å². The van der Waals surface area contributed by atoms with Crippen molar-refractivity contribution < 1.29 is 20.1 Å². The number of carboxylic acids is 1. The van der Waals surface area contributed by atoms with Crippen molar-refractivity contribution in [3.05, 3.63) is 0 Å². The van der Waals surface area contributed by atoms with Crippen LogP contribution in [0.4, 0.5) is 0 Å². The molecule has 0 radical (unpaired) electrons. The average molecular weight is 345 g/mol. The minimum Gasteiger partial charge on any atom is -0.481 e. The Morgan fingerprint density at radius 2 is 1.04 bits per heavy atom. The molecule has 144 valence electrons. The molecule has 4 nitrogen and oxygen atoms in total. The summed E-state index contributed by atoms with van der Waals surface area (Å²) < 4.78 is 0. The molecule has 2 atom stereocenters. The Balaban J connectivity index is 3.37. The molecule has 0 spiro atoms. The summed E-state index contributed by atoms with van der Waals surface area (Å²) in [5, 5.41) is 28.5. The predicted octanol–water partition coefficient (Wildman–Crippen LogP) is 5.05. The zero-order chi connectivity index (χ0) is 18.0. The van der Waals surface area contributed by atoms with Crippen LogP contribution in [-0.2, 0) is 4.79 Å². The van der Waals surface area contributed by atoms with Gasteiger partial charge in [0.25, 0.3) is 0 Å². The second-order valence-electron chi connectivity index (χ2n) is 7.10. The van der Waals surface area contributed by atoms with Crippen molar-refractivity contribution in [2.75, 3.05) is 0 Å². The molecule has 0 saturated heterocycles. The first-order chi connectivity index (χ1) is 11.6. The molecule has 0 aliphatic carbocycles. The van der Waals surface area contributed by atoms with Gasteiger partial charge >= 0.3 is 5.97 Å². The van der Waals surface area contributed by atoms with Crippen LogP contribution in [0.25, 0.3) is 0 Å². The lowest BCUT2D eigenvalue weighted by atomic mass is 9.99. The van der Waals surface area contributed by atoms with E-state index in [4.69, 9.17) is 5.11 Å². The van der Waals surface area contributed by atoms with Crippen LogP contribution in [-0.4, -0.2) is 33.5 Å². The van der Waals surface area contributed by atoms with Crippen molar-refractivity contribution in [3.8, 4) is 0 Å². The number of aliphatic hydroxyl groups excluding tert-OH is 2. The van der Waals surface area contributed by atoms with Gasteiger partial charge in [-0.25, -0.2) is 0 Å². The van der Waals surface area contributed by atoms with Crippen molar-refractivity contribution in [2.45, 2.75) is 122 Å². The Labute approximate surface area is 148 Å². The molecule has 0 heterocycles. The van der Waals surface area contributed by atoms with E-state index < -0.39 is 18.2 Å². The second kappa shape index (κ2) is 17.2. The molecule has 0 aromatic rings. The molecule has 0 bridgehead atoms. The molecule has 2 unspecified atom stereocenters. The fraction of sp³-hybridized carbons (Fsp3) is 0.950. The highest BCUT2D eigenvalue weighted by Crippen LogP contribution is 2.15. The summed E-state index contributed by atoms with van der Waals surface area (Å²) in [6.07, 6.45) is 15.0. The molecule has 0 aliphatic heterocycles. The first kappa shape index (κ1) is 23.4. The van der Waals surface area contributed by atoms with Gasteiger partial charge in [-0.2, -0.15) is 0 Å². The van der Waals surface area contributed by atoms with E-state index >= 15 is 0 Å². The topological polar surface area (TPSA) is 77.8 Å². The number of aliphatic hydroxyl groups is 2. The SMILES string of the molecule is CCCCCCCCCCC(O)C(O)CCCCCCCC(=O)O.